The Hall–Kier alpha value is -1.87. The average molecular weight is 287 g/mol. The first kappa shape index (κ1) is 13.6. The van der Waals surface area contributed by atoms with Gasteiger partial charge in [-0.3, -0.25) is 4.79 Å². The second-order valence-corrected chi connectivity index (χ2v) is 6.10. The van der Waals surface area contributed by atoms with Crippen molar-refractivity contribution in [2.75, 3.05) is 19.6 Å². The van der Waals surface area contributed by atoms with E-state index in [9.17, 15) is 18.0 Å². The van der Waals surface area contributed by atoms with Crippen LogP contribution in [0.5, 0.6) is 0 Å². The topological polar surface area (TPSA) is 109 Å². The minimum Gasteiger partial charge on any atom is -0.477 e. The molecule has 19 heavy (non-hydrogen) atoms. The molecule has 1 saturated heterocycles. The molecule has 104 valence electrons. The van der Waals surface area contributed by atoms with Crippen LogP contribution in [0.4, 0.5) is 0 Å². The van der Waals surface area contributed by atoms with Gasteiger partial charge in [-0.2, -0.15) is 4.31 Å². The molecule has 1 amide bonds. The maximum atomic E-state index is 12.3. The number of aromatic nitrogens is 1. The second kappa shape index (κ2) is 4.67. The largest absolute Gasteiger partial charge is 0.477 e. The Morgan fingerprint density at radius 1 is 1.47 bits per heavy atom. The fraction of sp³-hybridized carbons (Fsp3) is 0.400. The van der Waals surface area contributed by atoms with Gasteiger partial charge in [-0.15, -0.1) is 0 Å². The number of amides is 1. The lowest BCUT2D eigenvalue weighted by Crippen LogP contribution is -2.49. The first-order valence-corrected chi connectivity index (χ1v) is 6.93. The van der Waals surface area contributed by atoms with Crippen molar-refractivity contribution in [1.82, 2.24) is 14.2 Å². The first-order valence-electron chi connectivity index (χ1n) is 5.49. The van der Waals surface area contributed by atoms with Gasteiger partial charge in [-0.25, -0.2) is 13.2 Å². The first-order chi connectivity index (χ1) is 8.82. The molecule has 1 fully saturated rings. The van der Waals surface area contributed by atoms with E-state index in [1.165, 1.54) is 17.8 Å². The Kier molecular flexibility index (Phi) is 3.33. The summed E-state index contributed by atoms with van der Waals surface area (Å²) < 4.78 is 26.8. The van der Waals surface area contributed by atoms with Gasteiger partial charge in [0.1, 0.15) is 10.6 Å². The number of piperazine rings is 1. The molecule has 0 aromatic carbocycles. The van der Waals surface area contributed by atoms with E-state index in [0.717, 1.165) is 10.4 Å². The number of nitrogens with one attached hydrogen (secondary N) is 1. The van der Waals surface area contributed by atoms with E-state index >= 15 is 0 Å². The molecule has 2 heterocycles. The highest BCUT2D eigenvalue weighted by Gasteiger charge is 2.30. The summed E-state index contributed by atoms with van der Waals surface area (Å²) in [4.78, 5) is 22.0. The number of carbonyl (C=O) groups excluding carboxylic acids is 1. The third kappa shape index (κ3) is 2.47. The van der Waals surface area contributed by atoms with Gasteiger partial charge in [0, 0.05) is 26.3 Å². The molecule has 1 aromatic rings. The molecule has 1 aliphatic rings. The lowest BCUT2D eigenvalue weighted by atomic mass is 10.4. The summed E-state index contributed by atoms with van der Waals surface area (Å²) in [7, 11) is -2.39. The quantitative estimate of drug-likeness (QED) is 0.729. The third-order valence-corrected chi connectivity index (χ3v) is 4.65. The Morgan fingerprint density at radius 2 is 2.16 bits per heavy atom. The van der Waals surface area contributed by atoms with Crippen molar-refractivity contribution in [1.29, 1.82) is 0 Å². The summed E-state index contributed by atoms with van der Waals surface area (Å²) in [6.45, 7) is 0.168. The van der Waals surface area contributed by atoms with Gasteiger partial charge in [0.2, 0.25) is 15.9 Å². The zero-order valence-corrected chi connectivity index (χ0v) is 11.0. The molecular weight excluding hydrogens is 274 g/mol. The Labute approximate surface area is 109 Å². The van der Waals surface area contributed by atoms with Gasteiger partial charge < -0.3 is 15.0 Å². The number of carbonyl (C=O) groups is 2. The van der Waals surface area contributed by atoms with Gasteiger partial charge in [0.25, 0.3) is 0 Å². The van der Waals surface area contributed by atoms with Crippen LogP contribution in [0.15, 0.2) is 17.2 Å². The normalized spacial score (nSPS) is 17.2. The molecule has 9 heteroatoms. The van der Waals surface area contributed by atoms with Gasteiger partial charge in [0.15, 0.2) is 0 Å². The minimum absolute atomic E-state index is 0.123. The monoisotopic (exact) mass is 287 g/mol. The summed E-state index contributed by atoms with van der Waals surface area (Å²) in [5, 5.41) is 11.4. The molecule has 2 N–H and O–H groups in total. The number of aromatic carboxylic acids is 1. The molecule has 0 spiro atoms. The zero-order valence-electron chi connectivity index (χ0n) is 10.2. The van der Waals surface area contributed by atoms with E-state index in [0.29, 0.717) is 0 Å². The maximum Gasteiger partial charge on any atom is 0.352 e. The number of aryl methyl sites for hydroxylation is 1. The Morgan fingerprint density at radius 3 is 2.68 bits per heavy atom. The molecule has 0 aliphatic carbocycles. The highest BCUT2D eigenvalue weighted by atomic mass is 32.2. The molecule has 0 atom stereocenters. The molecule has 0 saturated carbocycles. The van der Waals surface area contributed by atoms with Crippen LogP contribution in [0.1, 0.15) is 10.5 Å². The van der Waals surface area contributed by atoms with Crippen LogP contribution in [0.25, 0.3) is 0 Å². The Balaban J connectivity index is 2.36. The molecule has 0 bridgehead atoms. The van der Waals surface area contributed by atoms with E-state index in [1.54, 1.807) is 0 Å². The lowest BCUT2D eigenvalue weighted by molar-refractivity contribution is -0.122. The van der Waals surface area contributed by atoms with Crippen molar-refractivity contribution in [3.05, 3.63) is 18.0 Å². The van der Waals surface area contributed by atoms with Crippen LogP contribution < -0.4 is 5.32 Å². The number of hydrogen-bond donors (Lipinski definition) is 2. The van der Waals surface area contributed by atoms with Crippen molar-refractivity contribution in [2.45, 2.75) is 4.90 Å². The fourth-order valence-electron chi connectivity index (χ4n) is 1.86. The summed E-state index contributed by atoms with van der Waals surface area (Å²) in [5.41, 5.74) is -0.125. The number of nitrogens with zero attached hydrogens (tertiary/aromatic N) is 2. The van der Waals surface area contributed by atoms with Gasteiger partial charge in [-0.1, -0.05) is 0 Å². The molecular formula is C10H13N3O5S. The highest BCUT2D eigenvalue weighted by Crippen LogP contribution is 2.19. The third-order valence-electron chi connectivity index (χ3n) is 2.84. The van der Waals surface area contributed by atoms with E-state index in [4.69, 9.17) is 5.11 Å². The number of sulfonamides is 1. The smallest absolute Gasteiger partial charge is 0.352 e. The maximum absolute atomic E-state index is 12.3. The Bertz CT molecular complexity index is 634. The fourth-order valence-corrected chi connectivity index (χ4v) is 3.33. The van der Waals surface area contributed by atoms with Crippen LogP contribution in [0.2, 0.25) is 0 Å². The summed E-state index contributed by atoms with van der Waals surface area (Å²) in [6.07, 6.45) is 1.23. The molecule has 1 aliphatic heterocycles. The van der Waals surface area contributed by atoms with Crippen molar-refractivity contribution in [2.24, 2.45) is 7.05 Å². The second-order valence-electron chi connectivity index (χ2n) is 4.17. The summed E-state index contributed by atoms with van der Waals surface area (Å²) >= 11 is 0. The highest BCUT2D eigenvalue weighted by molar-refractivity contribution is 7.89. The summed E-state index contributed by atoms with van der Waals surface area (Å²) in [6, 6.07) is 1.09. The van der Waals surface area contributed by atoms with Crippen LogP contribution in [-0.4, -0.2) is 53.9 Å². The number of rotatable bonds is 3. The predicted octanol–water partition coefficient (Wildman–Crippen LogP) is -1.16. The van der Waals surface area contributed by atoms with E-state index in [2.05, 4.69) is 5.32 Å². The summed E-state index contributed by atoms with van der Waals surface area (Å²) in [5.74, 6) is -1.58. The molecule has 0 radical (unpaired) electrons. The van der Waals surface area contributed by atoms with Gasteiger partial charge >= 0.3 is 5.97 Å². The van der Waals surface area contributed by atoms with Crippen LogP contribution in [0, 0.1) is 0 Å². The van der Waals surface area contributed by atoms with Crippen molar-refractivity contribution in [3.8, 4) is 0 Å². The SMILES string of the molecule is Cn1cc(S(=O)(=O)N2CCNC(=O)C2)cc1C(=O)O. The van der Waals surface area contributed by atoms with Crippen LogP contribution in [-0.2, 0) is 21.9 Å². The minimum atomic E-state index is -3.84. The van der Waals surface area contributed by atoms with E-state index < -0.39 is 16.0 Å². The standard InChI is InChI=1S/C10H13N3O5S/c1-12-5-7(4-8(12)10(15)16)19(17,18)13-3-2-11-9(14)6-13/h4-5H,2-3,6H2,1H3,(H,11,14)(H,15,16). The zero-order chi connectivity index (χ0) is 14.2. The molecule has 1 aromatic heterocycles. The van der Waals surface area contributed by atoms with E-state index in [-0.39, 0.29) is 36.1 Å². The average Bonchev–Trinajstić information content (AvgIpc) is 2.72. The number of carboxylic acid groups (broad SMARTS) is 1. The van der Waals surface area contributed by atoms with Crippen molar-refractivity contribution in [3.63, 3.8) is 0 Å². The van der Waals surface area contributed by atoms with Gasteiger partial charge in [-0.05, 0) is 6.07 Å². The van der Waals surface area contributed by atoms with Crippen LogP contribution in [0.3, 0.4) is 0 Å². The number of carboxylic acids is 1. The number of hydrogen-bond acceptors (Lipinski definition) is 4. The van der Waals surface area contributed by atoms with E-state index in [1.807, 2.05) is 0 Å². The molecule has 2 rings (SSSR count). The van der Waals surface area contributed by atoms with Crippen molar-refractivity contribution >= 4 is 21.9 Å². The van der Waals surface area contributed by atoms with Gasteiger partial charge in [0.05, 0.1) is 6.54 Å². The lowest BCUT2D eigenvalue weighted by Gasteiger charge is -2.25. The molecule has 8 nitrogen and oxygen atoms in total. The predicted molar refractivity (Wildman–Crippen MR) is 64.1 cm³/mol. The van der Waals surface area contributed by atoms with Crippen LogP contribution >= 0.6 is 0 Å². The van der Waals surface area contributed by atoms with Crippen molar-refractivity contribution < 1.29 is 23.1 Å². The molecule has 0 unspecified atom stereocenters.